The minimum atomic E-state index is -0.834. The Morgan fingerprint density at radius 1 is 1.03 bits per heavy atom. The Bertz CT molecular complexity index is 1360. The monoisotopic (exact) mass is 586 g/mol. The number of benzene rings is 3. The molecule has 34 heavy (non-hydrogen) atoms. The molecule has 1 heterocycles. The lowest BCUT2D eigenvalue weighted by Crippen LogP contribution is -2.54. The normalized spacial score (nSPS) is 15.0. The fourth-order valence-electron chi connectivity index (χ4n) is 3.35. The predicted octanol–water partition coefficient (Wildman–Crippen LogP) is 5.90. The van der Waals surface area contributed by atoms with E-state index >= 15 is 0 Å². The van der Waals surface area contributed by atoms with Gasteiger partial charge in [0.2, 0.25) is 0 Å². The molecule has 0 saturated carbocycles. The zero-order valence-corrected chi connectivity index (χ0v) is 20.9. The van der Waals surface area contributed by atoms with Crippen LogP contribution in [0.4, 0.5) is 14.9 Å². The number of aryl methyl sites for hydroxylation is 1. The number of barbiturate groups is 1. The molecule has 0 aliphatic carbocycles. The van der Waals surface area contributed by atoms with Crippen LogP contribution in [-0.2, 0) is 16.2 Å². The van der Waals surface area contributed by atoms with E-state index in [1.54, 1.807) is 54.6 Å². The van der Waals surface area contributed by atoms with E-state index in [0.717, 1.165) is 14.9 Å². The third-order valence-electron chi connectivity index (χ3n) is 5.11. The lowest BCUT2D eigenvalue weighted by molar-refractivity contribution is -0.122. The Balaban J connectivity index is 1.69. The molecule has 1 saturated heterocycles. The molecule has 4 rings (SSSR count). The summed E-state index contributed by atoms with van der Waals surface area (Å²) in [5.74, 6) is -1.65. The third-order valence-corrected chi connectivity index (χ3v) is 6.50. The molecular weight excluding hydrogens is 571 g/mol. The maximum atomic E-state index is 14.0. The average molecular weight is 588 g/mol. The lowest BCUT2D eigenvalue weighted by atomic mass is 10.1. The molecule has 3 aromatic rings. The van der Waals surface area contributed by atoms with Gasteiger partial charge in [0.15, 0.2) is 0 Å². The van der Waals surface area contributed by atoms with Crippen LogP contribution in [0, 0.1) is 12.7 Å². The number of amides is 4. The maximum absolute atomic E-state index is 14.0. The minimum absolute atomic E-state index is 0.0482. The van der Waals surface area contributed by atoms with Crippen LogP contribution in [0.3, 0.4) is 0 Å². The molecule has 1 aliphatic rings. The number of hydrogen-bond acceptors (Lipinski definition) is 4. The van der Waals surface area contributed by atoms with E-state index in [9.17, 15) is 18.8 Å². The molecule has 1 aliphatic heterocycles. The first-order valence-corrected chi connectivity index (χ1v) is 11.7. The summed E-state index contributed by atoms with van der Waals surface area (Å²) in [6.45, 7) is 1.77. The van der Waals surface area contributed by atoms with Crippen molar-refractivity contribution in [1.29, 1.82) is 0 Å². The zero-order chi connectivity index (χ0) is 24.4. The standard InChI is InChI=1S/C25H17Br2FN2O4/c1-14-10-18(7-8-20(14)27)30-24(32)19(23(31)29-25(30)33)12-16-11-17(26)6-9-22(16)34-13-15-4-2-3-5-21(15)28/h2-12H,13H2,1H3,(H,29,31,33)/b19-12+. The first-order valence-electron chi connectivity index (χ1n) is 10.1. The van der Waals surface area contributed by atoms with Crippen molar-refractivity contribution in [3.8, 4) is 5.75 Å². The van der Waals surface area contributed by atoms with Crippen LogP contribution in [0.5, 0.6) is 5.75 Å². The number of carbonyl (C=O) groups is 3. The number of carbonyl (C=O) groups excluding carboxylic acids is 3. The van der Waals surface area contributed by atoms with E-state index in [0.29, 0.717) is 27.0 Å². The Hall–Kier alpha value is -3.30. The first-order chi connectivity index (χ1) is 16.2. The van der Waals surface area contributed by atoms with E-state index < -0.39 is 23.7 Å². The second kappa shape index (κ2) is 9.90. The van der Waals surface area contributed by atoms with Crippen molar-refractivity contribution in [2.24, 2.45) is 0 Å². The Labute approximate surface area is 211 Å². The molecule has 0 radical (unpaired) electrons. The van der Waals surface area contributed by atoms with Gasteiger partial charge in [-0.1, -0.05) is 50.1 Å². The summed E-state index contributed by atoms with van der Waals surface area (Å²) in [6, 6.07) is 15.4. The van der Waals surface area contributed by atoms with Gasteiger partial charge in [-0.05, 0) is 61.0 Å². The van der Waals surface area contributed by atoms with Crippen molar-refractivity contribution in [3.63, 3.8) is 0 Å². The highest BCUT2D eigenvalue weighted by molar-refractivity contribution is 9.10. The maximum Gasteiger partial charge on any atom is 0.335 e. The Morgan fingerprint density at radius 3 is 2.53 bits per heavy atom. The van der Waals surface area contributed by atoms with Crippen molar-refractivity contribution >= 4 is 61.5 Å². The van der Waals surface area contributed by atoms with E-state index in [1.807, 2.05) is 6.92 Å². The molecule has 9 heteroatoms. The fraction of sp³-hybridized carbons (Fsp3) is 0.0800. The predicted molar refractivity (Wildman–Crippen MR) is 133 cm³/mol. The molecule has 1 N–H and O–H groups in total. The Kier molecular flexibility index (Phi) is 6.95. The quantitative estimate of drug-likeness (QED) is 0.298. The molecule has 3 aromatic carbocycles. The number of nitrogens with one attached hydrogen (secondary N) is 1. The summed E-state index contributed by atoms with van der Waals surface area (Å²) in [7, 11) is 0. The van der Waals surface area contributed by atoms with E-state index in [2.05, 4.69) is 37.2 Å². The van der Waals surface area contributed by atoms with Gasteiger partial charge >= 0.3 is 6.03 Å². The minimum Gasteiger partial charge on any atom is -0.488 e. The number of nitrogens with zero attached hydrogens (tertiary/aromatic N) is 1. The fourth-order valence-corrected chi connectivity index (χ4v) is 3.98. The molecule has 6 nitrogen and oxygen atoms in total. The van der Waals surface area contributed by atoms with Crippen LogP contribution in [0.25, 0.3) is 6.08 Å². The summed E-state index contributed by atoms with van der Waals surface area (Å²) in [5, 5.41) is 2.21. The van der Waals surface area contributed by atoms with Crippen LogP contribution >= 0.6 is 31.9 Å². The van der Waals surface area contributed by atoms with Gasteiger partial charge in [0, 0.05) is 20.1 Å². The first kappa shape index (κ1) is 23.8. The van der Waals surface area contributed by atoms with E-state index in [1.165, 1.54) is 12.1 Å². The Morgan fingerprint density at radius 2 is 1.79 bits per heavy atom. The molecule has 172 valence electrons. The number of rotatable bonds is 5. The molecule has 0 unspecified atom stereocenters. The largest absolute Gasteiger partial charge is 0.488 e. The van der Waals surface area contributed by atoms with Gasteiger partial charge in [-0.15, -0.1) is 0 Å². The highest BCUT2D eigenvalue weighted by Gasteiger charge is 2.37. The molecule has 4 amide bonds. The van der Waals surface area contributed by atoms with Crippen molar-refractivity contribution in [2.75, 3.05) is 4.90 Å². The summed E-state index contributed by atoms with van der Waals surface area (Å²) < 4.78 is 21.3. The number of imide groups is 2. The van der Waals surface area contributed by atoms with Gasteiger partial charge in [0.1, 0.15) is 23.7 Å². The van der Waals surface area contributed by atoms with Crippen LogP contribution in [0.2, 0.25) is 0 Å². The second-order valence-corrected chi connectivity index (χ2v) is 9.22. The van der Waals surface area contributed by atoms with Crippen molar-refractivity contribution in [3.05, 3.63) is 97.7 Å². The molecule has 0 aromatic heterocycles. The third kappa shape index (κ3) is 4.95. The van der Waals surface area contributed by atoms with Crippen LogP contribution < -0.4 is 15.0 Å². The highest BCUT2D eigenvalue weighted by Crippen LogP contribution is 2.30. The van der Waals surface area contributed by atoms with E-state index in [-0.39, 0.29) is 12.2 Å². The van der Waals surface area contributed by atoms with Crippen LogP contribution in [-0.4, -0.2) is 17.8 Å². The summed E-state index contributed by atoms with van der Waals surface area (Å²) in [6.07, 6.45) is 1.35. The second-order valence-electron chi connectivity index (χ2n) is 7.45. The molecular formula is C25H17Br2FN2O4. The van der Waals surface area contributed by atoms with Crippen LogP contribution in [0.15, 0.2) is 75.2 Å². The molecule has 0 spiro atoms. The number of urea groups is 1. The summed E-state index contributed by atoms with van der Waals surface area (Å²) >= 11 is 6.76. The smallest absolute Gasteiger partial charge is 0.335 e. The van der Waals surface area contributed by atoms with Gasteiger partial charge < -0.3 is 4.74 Å². The van der Waals surface area contributed by atoms with Crippen molar-refractivity contribution in [2.45, 2.75) is 13.5 Å². The van der Waals surface area contributed by atoms with Crippen molar-refractivity contribution in [1.82, 2.24) is 5.32 Å². The van der Waals surface area contributed by atoms with E-state index in [4.69, 9.17) is 4.74 Å². The summed E-state index contributed by atoms with van der Waals surface area (Å²) in [5.41, 5.74) is 1.67. The van der Waals surface area contributed by atoms with Crippen LogP contribution in [0.1, 0.15) is 16.7 Å². The number of halogens is 3. The van der Waals surface area contributed by atoms with Gasteiger partial charge in [0.25, 0.3) is 11.8 Å². The van der Waals surface area contributed by atoms with Crippen molar-refractivity contribution < 1.29 is 23.5 Å². The highest BCUT2D eigenvalue weighted by atomic mass is 79.9. The van der Waals surface area contributed by atoms with Gasteiger partial charge in [-0.3, -0.25) is 14.9 Å². The number of anilines is 1. The molecule has 0 bridgehead atoms. The lowest BCUT2D eigenvalue weighted by Gasteiger charge is -2.27. The van der Waals surface area contributed by atoms with Gasteiger partial charge in [-0.25, -0.2) is 14.1 Å². The van der Waals surface area contributed by atoms with Gasteiger partial charge in [-0.2, -0.15) is 0 Å². The van der Waals surface area contributed by atoms with Gasteiger partial charge in [0.05, 0.1) is 5.69 Å². The topological polar surface area (TPSA) is 75.7 Å². The summed E-state index contributed by atoms with van der Waals surface area (Å²) in [4.78, 5) is 39.2. The average Bonchev–Trinajstić information content (AvgIpc) is 2.79. The molecule has 1 fully saturated rings. The zero-order valence-electron chi connectivity index (χ0n) is 17.8. The number of ether oxygens (including phenoxy) is 1. The molecule has 0 atom stereocenters. The number of hydrogen-bond donors (Lipinski definition) is 1. The SMILES string of the molecule is Cc1cc(N2C(=O)NC(=O)/C(=C\c3cc(Br)ccc3OCc3ccccc3F)C2=O)ccc1Br.